The van der Waals surface area contributed by atoms with Crippen LogP contribution in [0.15, 0.2) is 0 Å². The zero-order valence-corrected chi connectivity index (χ0v) is 9.93. The van der Waals surface area contributed by atoms with Crippen molar-refractivity contribution < 1.29 is 13.2 Å². The molecular weight excluding hydrogens is 216 g/mol. The molecule has 0 radical (unpaired) electrons. The maximum atomic E-state index is 11.6. The molecule has 0 aromatic carbocycles. The highest BCUT2D eigenvalue weighted by Gasteiger charge is 2.51. The van der Waals surface area contributed by atoms with Gasteiger partial charge in [0.15, 0.2) is 9.84 Å². The highest BCUT2D eigenvalue weighted by atomic mass is 32.2. The third-order valence-corrected chi connectivity index (χ3v) is 4.71. The Morgan fingerprint density at radius 3 is 2.60 bits per heavy atom. The number of sulfone groups is 1. The van der Waals surface area contributed by atoms with Crippen molar-refractivity contribution in [2.24, 2.45) is 5.73 Å². The minimum atomic E-state index is -3.24. The number of hydrogen-bond acceptors (Lipinski definition) is 4. The van der Waals surface area contributed by atoms with E-state index in [1.165, 1.54) is 0 Å². The van der Waals surface area contributed by atoms with Crippen molar-refractivity contribution in [1.82, 2.24) is 5.32 Å². The average Bonchev–Trinajstić information content (AvgIpc) is 2.49. The minimum Gasteiger partial charge on any atom is -0.368 e. The number of primary amides is 1. The molecule has 0 aromatic rings. The lowest BCUT2D eigenvalue weighted by molar-refractivity contribution is -0.124. The second kappa shape index (κ2) is 4.09. The number of hydrogen-bond donors (Lipinski definition) is 2. The standard InChI is InChI=1S/C9H18N2O3S/c1-3-11-9(8(10)12)6-4-5-7(9)15(2,13)14/h7,11H,3-6H2,1-2H3,(H2,10,12). The van der Waals surface area contributed by atoms with Gasteiger partial charge in [0, 0.05) is 6.26 Å². The zero-order valence-electron chi connectivity index (χ0n) is 9.12. The smallest absolute Gasteiger partial charge is 0.239 e. The SMILES string of the molecule is CCNC1(C(N)=O)CCCC1S(C)(=O)=O. The minimum absolute atomic E-state index is 0.508. The lowest BCUT2D eigenvalue weighted by Gasteiger charge is -2.32. The van der Waals surface area contributed by atoms with Gasteiger partial charge in [-0.15, -0.1) is 0 Å². The van der Waals surface area contributed by atoms with E-state index in [9.17, 15) is 13.2 Å². The molecule has 2 atom stereocenters. The highest BCUT2D eigenvalue weighted by Crippen LogP contribution is 2.34. The fourth-order valence-corrected chi connectivity index (χ4v) is 4.08. The van der Waals surface area contributed by atoms with Crippen LogP contribution >= 0.6 is 0 Å². The highest BCUT2D eigenvalue weighted by molar-refractivity contribution is 7.91. The zero-order chi connectivity index (χ0) is 11.7. The second-order valence-corrected chi connectivity index (χ2v) is 6.30. The first-order valence-electron chi connectivity index (χ1n) is 5.08. The van der Waals surface area contributed by atoms with Crippen LogP contribution in [-0.4, -0.2) is 37.9 Å². The summed E-state index contributed by atoms with van der Waals surface area (Å²) in [4.78, 5) is 11.5. The van der Waals surface area contributed by atoms with Crippen LogP contribution in [0.2, 0.25) is 0 Å². The lowest BCUT2D eigenvalue weighted by atomic mass is 9.96. The summed E-state index contributed by atoms with van der Waals surface area (Å²) in [6.45, 7) is 2.37. The molecule has 0 spiro atoms. The van der Waals surface area contributed by atoms with E-state index in [-0.39, 0.29) is 0 Å². The summed E-state index contributed by atoms with van der Waals surface area (Å²) in [5.74, 6) is -0.558. The third-order valence-electron chi connectivity index (χ3n) is 3.04. The van der Waals surface area contributed by atoms with Crippen molar-refractivity contribution in [2.45, 2.75) is 37.0 Å². The molecule has 15 heavy (non-hydrogen) atoms. The van der Waals surface area contributed by atoms with Crippen LogP contribution in [-0.2, 0) is 14.6 Å². The molecule has 3 N–H and O–H groups in total. The fraction of sp³-hybridized carbons (Fsp3) is 0.889. The van der Waals surface area contributed by atoms with Gasteiger partial charge < -0.3 is 11.1 Å². The predicted octanol–water partition coefficient (Wildman–Crippen LogP) is -0.583. The summed E-state index contributed by atoms with van der Waals surface area (Å²) in [6.07, 6.45) is 2.90. The van der Waals surface area contributed by atoms with E-state index >= 15 is 0 Å². The topological polar surface area (TPSA) is 89.3 Å². The molecule has 1 fully saturated rings. The van der Waals surface area contributed by atoms with Crippen molar-refractivity contribution in [1.29, 1.82) is 0 Å². The molecule has 1 rings (SSSR count). The van der Waals surface area contributed by atoms with E-state index in [4.69, 9.17) is 5.73 Å². The van der Waals surface area contributed by atoms with Crippen LogP contribution in [0.5, 0.6) is 0 Å². The van der Waals surface area contributed by atoms with Gasteiger partial charge in [-0.2, -0.15) is 0 Å². The molecule has 2 unspecified atom stereocenters. The monoisotopic (exact) mass is 234 g/mol. The first-order valence-corrected chi connectivity index (χ1v) is 7.04. The van der Waals surface area contributed by atoms with E-state index in [1.807, 2.05) is 6.92 Å². The fourth-order valence-electron chi connectivity index (χ4n) is 2.44. The van der Waals surface area contributed by atoms with Crippen LogP contribution in [0.3, 0.4) is 0 Å². The Morgan fingerprint density at radius 2 is 2.20 bits per heavy atom. The largest absolute Gasteiger partial charge is 0.368 e. The van der Waals surface area contributed by atoms with Gasteiger partial charge in [-0.1, -0.05) is 6.92 Å². The van der Waals surface area contributed by atoms with Crippen LogP contribution in [0, 0.1) is 0 Å². The van der Waals surface area contributed by atoms with Gasteiger partial charge in [0.2, 0.25) is 5.91 Å². The van der Waals surface area contributed by atoms with Crippen LogP contribution < -0.4 is 11.1 Å². The molecule has 0 heterocycles. The van der Waals surface area contributed by atoms with Crippen molar-refractivity contribution >= 4 is 15.7 Å². The summed E-state index contributed by atoms with van der Waals surface area (Å²) in [5.41, 5.74) is 4.29. The first-order chi connectivity index (χ1) is 6.84. The summed E-state index contributed by atoms with van der Waals surface area (Å²) < 4.78 is 23.2. The summed E-state index contributed by atoms with van der Waals surface area (Å²) in [5, 5.41) is 2.28. The Bertz CT molecular complexity index is 352. The van der Waals surface area contributed by atoms with Gasteiger partial charge in [-0.25, -0.2) is 8.42 Å². The lowest BCUT2D eigenvalue weighted by Crippen LogP contribution is -2.62. The van der Waals surface area contributed by atoms with Crippen LogP contribution in [0.4, 0.5) is 0 Å². The summed E-state index contributed by atoms with van der Waals surface area (Å²) >= 11 is 0. The average molecular weight is 234 g/mol. The van der Waals surface area contributed by atoms with Gasteiger partial charge in [0.05, 0.1) is 5.25 Å². The van der Waals surface area contributed by atoms with E-state index in [0.717, 1.165) is 6.26 Å². The van der Waals surface area contributed by atoms with Gasteiger partial charge in [0.1, 0.15) is 5.54 Å². The van der Waals surface area contributed by atoms with Crippen molar-refractivity contribution in [2.75, 3.05) is 12.8 Å². The van der Waals surface area contributed by atoms with Gasteiger partial charge >= 0.3 is 0 Å². The van der Waals surface area contributed by atoms with Crippen molar-refractivity contribution in [3.8, 4) is 0 Å². The number of amides is 1. The molecule has 1 aliphatic rings. The molecule has 1 saturated carbocycles. The van der Waals surface area contributed by atoms with Gasteiger partial charge in [-0.05, 0) is 25.8 Å². The van der Waals surface area contributed by atoms with E-state index in [0.29, 0.717) is 25.8 Å². The van der Waals surface area contributed by atoms with Crippen LogP contribution in [0.1, 0.15) is 26.2 Å². The molecule has 88 valence electrons. The Hall–Kier alpha value is -0.620. The summed E-state index contributed by atoms with van der Waals surface area (Å²) in [7, 11) is -3.24. The number of nitrogens with two attached hydrogens (primary N) is 1. The Kier molecular flexibility index (Phi) is 3.40. The van der Waals surface area contributed by atoms with E-state index in [1.54, 1.807) is 0 Å². The predicted molar refractivity (Wildman–Crippen MR) is 58.1 cm³/mol. The normalized spacial score (nSPS) is 31.7. The van der Waals surface area contributed by atoms with Crippen molar-refractivity contribution in [3.63, 3.8) is 0 Å². The van der Waals surface area contributed by atoms with E-state index in [2.05, 4.69) is 5.32 Å². The molecular formula is C9H18N2O3S. The number of likely N-dealkylation sites (N-methyl/N-ethyl adjacent to an activating group) is 1. The maximum absolute atomic E-state index is 11.6. The molecule has 0 aliphatic heterocycles. The molecule has 1 amide bonds. The van der Waals surface area contributed by atoms with E-state index < -0.39 is 26.5 Å². The molecule has 0 saturated heterocycles. The third kappa shape index (κ3) is 2.15. The molecule has 0 bridgehead atoms. The summed E-state index contributed by atoms with van der Waals surface area (Å²) in [6, 6.07) is 0. The molecule has 5 nitrogen and oxygen atoms in total. The number of carbonyl (C=O) groups is 1. The molecule has 6 heteroatoms. The number of carbonyl (C=O) groups excluding carboxylic acids is 1. The second-order valence-electron chi connectivity index (χ2n) is 4.08. The van der Waals surface area contributed by atoms with Crippen molar-refractivity contribution in [3.05, 3.63) is 0 Å². The number of rotatable bonds is 4. The Balaban J connectivity index is 3.11. The van der Waals surface area contributed by atoms with Gasteiger partial charge in [0.25, 0.3) is 0 Å². The quantitative estimate of drug-likeness (QED) is 0.681. The number of nitrogens with one attached hydrogen (secondary N) is 1. The maximum Gasteiger partial charge on any atom is 0.239 e. The molecule has 0 aromatic heterocycles. The first kappa shape index (κ1) is 12.4. The van der Waals surface area contributed by atoms with Crippen LogP contribution in [0.25, 0.3) is 0 Å². The Morgan fingerprint density at radius 1 is 1.60 bits per heavy atom. The Labute approximate surface area is 90.3 Å². The van der Waals surface area contributed by atoms with Gasteiger partial charge in [-0.3, -0.25) is 4.79 Å². The molecule has 1 aliphatic carbocycles.